The third-order valence-corrected chi connectivity index (χ3v) is 6.96. The van der Waals surface area contributed by atoms with Gasteiger partial charge in [0, 0.05) is 42.9 Å². The molecule has 0 bridgehead atoms. The number of hydroxylamine groups is 1. The van der Waals surface area contributed by atoms with Gasteiger partial charge in [0.15, 0.2) is 0 Å². The normalized spacial score (nSPS) is 23.1. The first-order valence-electron chi connectivity index (χ1n) is 12.4. The molecule has 180 valence electrons. The van der Waals surface area contributed by atoms with E-state index in [1.165, 1.54) is 37.7 Å². The standard InChI is InChI=1S/C28H36N4O2/c1-32(25-5-3-2-4-6-25)20-23-11-9-21(10-12-23)7-8-22-13-15-24(16-14-22)26-17-18-29-19-27(30-26)28(33)31-34/h9,11-17,21,25,27,29-30,34H,2-6,10,18-20H2,1H3,(H,31,33). The van der Waals surface area contributed by atoms with E-state index in [1.54, 1.807) is 5.48 Å². The van der Waals surface area contributed by atoms with Crippen molar-refractivity contribution in [1.82, 2.24) is 21.0 Å². The Morgan fingerprint density at radius 1 is 1.18 bits per heavy atom. The van der Waals surface area contributed by atoms with Crippen molar-refractivity contribution in [3.63, 3.8) is 0 Å². The second-order valence-corrected chi connectivity index (χ2v) is 9.48. The quantitative estimate of drug-likeness (QED) is 0.308. The summed E-state index contributed by atoms with van der Waals surface area (Å²) < 4.78 is 0. The highest BCUT2D eigenvalue weighted by molar-refractivity contribution is 5.83. The van der Waals surface area contributed by atoms with E-state index in [1.807, 2.05) is 30.3 Å². The molecule has 6 nitrogen and oxygen atoms in total. The molecule has 1 saturated carbocycles. The van der Waals surface area contributed by atoms with E-state index in [0.29, 0.717) is 13.1 Å². The van der Waals surface area contributed by atoms with Crippen molar-refractivity contribution in [3.8, 4) is 11.8 Å². The molecule has 2 atom stereocenters. The van der Waals surface area contributed by atoms with Gasteiger partial charge in [0.05, 0.1) is 0 Å². The molecule has 2 aliphatic carbocycles. The van der Waals surface area contributed by atoms with Crippen LogP contribution >= 0.6 is 0 Å². The Bertz CT molecular complexity index is 993. The summed E-state index contributed by atoms with van der Waals surface area (Å²) in [5.41, 5.74) is 5.95. The van der Waals surface area contributed by atoms with Gasteiger partial charge in [0.2, 0.25) is 0 Å². The summed E-state index contributed by atoms with van der Waals surface area (Å²) >= 11 is 0. The van der Waals surface area contributed by atoms with Gasteiger partial charge in [0.25, 0.3) is 5.91 Å². The van der Waals surface area contributed by atoms with E-state index in [-0.39, 0.29) is 5.92 Å². The molecule has 1 aliphatic heterocycles. The molecule has 1 fully saturated rings. The highest BCUT2D eigenvalue weighted by Crippen LogP contribution is 2.24. The third-order valence-electron chi connectivity index (χ3n) is 6.96. The predicted molar refractivity (Wildman–Crippen MR) is 136 cm³/mol. The second-order valence-electron chi connectivity index (χ2n) is 9.48. The predicted octanol–water partition coefficient (Wildman–Crippen LogP) is 3.21. The van der Waals surface area contributed by atoms with Crippen molar-refractivity contribution in [2.75, 3.05) is 26.7 Å². The van der Waals surface area contributed by atoms with Crippen LogP contribution in [0, 0.1) is 17.8 Å². The van der Waals surface area contributed by atoms with E-state index in [9.17, 15) is 4.79 Å². The number of allylic oxidation sites excluding steroid dienone is 2. The van der Waals surface area contributed by atoms with E-state index in [4.69, 9.17) is 5.21 Å². The van der Waals surface area contributed by atoms with Crippen LogP contribution in [0.25, 0.3) is 5.70 Å². The smallest absolute Gasteiger partial charge is 0.267 e. The second kappa shape index (κ2) is 12.0. The molecule has 3 aliphatic rings. The molecule has 1 heterocycles. The Morgan fingerprint density at radius 3 is 2.68 bits per heavy atom. The first-order valence-corrected chi connectivity index (χ1v) is 12.4. The number of carbonyl (C=O) groups excluding carboxylic acids is 1. The lowest BCUT2D eigenvalue weighted by Crippen LogP contribution is -2.47. The van der Waals surface area contributed by atoms with Crippen LogP contribution < -0.4 is 16.1 Å². The maximum atomic E-state index is 11.8. The van der Waals surface area contributed by atoms with Gasteiger partial charge in [-0.15, -0.1) is 0 Å². The Kier molecular flexibility index (Phi) is 8.59. The van der Waals surface area contributed by atoms with Gasteiger partial charge in [0.1, 0.15) is 6.04 Å². The zero-order chi connectivity index (χ0) is 23.8. The molecular weight excluding hydrogens is 424 g/mol. The van der Waals surface area contributed by atoms with Crippen LogP contribution in [0.15, 0.2) is 54.1 Å². The monoisotopic (exact) mass is 460 g/mol. The first kappa shape index (κ1) is 24.3. The summed E-state index contributed by atoms with van der Waals surface area (Å²) in [5.74, 6) is 6.50. The fourth-order valence-corrected chi connectivity index (χ4v) is 4.87. The van der Waals surface area contributed by atoms with Crippen LogP contribution in [-0.2, 0) is 4.79 Å². The summed E-state index contributed by atoms with van der Waals surface area (Å²) in [7, 11) is 2.26. The molecule has 4 N–H and O–H groups in total. The SMILES string of the molecule is CN(CC1=CCC(C#Cc2ccc(C3=CCNCC(C(=O)NO)N3)cc2)C=C1)C1CCCCC1. The van der Waals surface area contributed by atoms with Crippen LogP contribution in [0.2, 0.25) is 0 Å². The molecular formula is C28H36N4O2. The first-order chi connectivity index (χ1) is 16.6. The lowest BCUT2D eigenvalue weighted by molar-refractivity contribution is -0.130. The molecule has 1 amide bonds. The summed E-state index contributed by atoms with van der Waals surface area (Å²) in [5, 5.41) is 15.3. The molecule has 0 radical (unpaired) electrons. The van der Waals surface area contributed by atoms with Gasteiger partial charge >= 0.3 is 0 Å². The number of hydrogen-bond acceptors (Lipinski definition) is 5. The van der Waals surface area contributed by atoms with Gasteiger partial charge in [-0.05, 0) is 55.7 Å². The Morgan fingerprint density at radius 2 is 1.97 bits per heavy atom. The van der Waals surface area contributed by atoms with Gasteiger partial charge < -0.3 is 10.6 Å². The summed E-state index contributed by atoms with van der Waals surface area (Å²) in [6.45, 7) is 2.12. The Hall–Kier alpha value is -2.85. The van der Waals surface area contributed by atoms with E-state index in [0.717, 1.165) is 35.8 Å². The largest absolute Gasteiger partial charge is 0.372 e. The zero-order valence-electron chi connectivity index (χ0n) is 20.0. The topological polar surface area (TPSA) is 76.6 Å². The van der Waals surface area contributed by atoms with Crippen molar-refractivity contribution in [1.29, 1.82) is 0 Å². The molecule has 0 spiro atoms. The van der Waals surface area contributed by atoms with Crippen molar-refractivity contribution < 1.29 is 10.0 Å². The zero-order valence-corrected chi connectivity index (χ0v) is 20.0. The van der Waals surface area contributed by atoms with Gasteiger partial charge in [-0.2, -0.15) is 0 Å². The van der Waals surface area contributed by atoms with Crippen LogP contribution in [0.3, 0.4) is 0 Å². The molecule has 1 aromatic rings. The van der Waals surface area contributed by atoms with Crippen molar-refractivity contribution in [3.05, 3.63) is 65.3 Å². The number of likely N-dealkylation sites (N-methyl/N-ethyl adjacent to an activating group) is 1. The molecule has 0 saturated heterocycles. The average molecular weight is 461 g/mol. The van der Waals surface area contributed by atoms with Crippen LogP contribution in [0.5, 0.6) is 0 Å². The van der Waals surface area contributed by atoms with Crippen molar-refractivity contribution in [2.24, 2.45) is 5.92 Å². The highest BCUT2D eigenvalue weighted by atomic mass is 16.5. The molecule has 2 unspecified atom stereocenters. The molecule has 0 aromatic heterocycles. The lowest BCUT2D eigenvalue weighted by atomic mass is 9.93. The molecule has 4 rings (SSSR count). The van der Waals surface area contributed by atoms with Crippen LogP contribution in [-0.4, -0.2) is 54.8 Å². The van der Waals surface area contributed by atoms with E-state index >= 15 is 0 Å². The fourth-order valence-electron chi connectivity index (χ4n) is 4.87. The third kappa shape index (κ3) is 6.60. The lowest BCUT2D eigenvalue weighted by Gasteiger charge is -2.31. The summed E-state index contributed by atoms with van der Waals surface area (Å²) in [6, 6.07) is 8.25. The minimum Gasteiger partial charge on any atom is -0.372 e. The van der Waals surface area contributed by atoms with Crippen LogP contribution in [0.4, 0.5) is 0 Å². The van der Waals surface area contributed by atoms with Gasteiger partial charge in [-0.25, -0.2) is 5.48 Å². The van der Waals surface area contributed by atoms with E-state index in [2.05, 4.69) is 52.7 Å². The minimum atomic E-state index is -0.531. The molecule has 1 aromatic carbocycles. The van der Waals surface area contributed by atoms with E-state index < -0.39 is 11.9 Å². The van der Waals surface area contributed by atoms with Crippen LogP contribution in [0.1, 0.15) is 49.7 Å². The number of benzene rings is 1. The fraction of sp³-hybridized carbons (Fsp3) is 0.464. The molecule has 6 heteroatoms. The summed E-state index contributed by atoms with van der Waals surface area (Å²) in [6.07, 6.45) is 16.6. The number of hydrogen-bond donors (Lipinski definition) is 4. The van der Waals surface area contributed by atoms with Crippen molar-refractivity contribution >= 4 is 11.6 Å². The maximum absolute atomic E-state index is 11.8. The average Bonchev–Trinajstić information content (AvgIpc) is 3.15. The number of rotatable bonds is 5. The summed E-state index contributed by atoms with van der Waals surface area (Å²) in [4.78, 5) is 14.3. The molecule has 34 heavy (non-hydrogen) atoms. The Balaban J connectivity index is 1.30. The maximum Gasteiger partial charge on any atom is 0.267 e. The van der Waals surface area contributed by atoms with Gasteiger partial charge in [-0.3, -0.25) is 14.9 Å². The van der Waals surface area contributed by atoms with Gasteiger partial charge in [-0.1, -0.05) is 61.5 Å². The minimum absolute atomic E-state index is 0.249. The number of amides is 1. The highest BCUT2D eigenvalue weighted by Gasteiger charge is 2.21. The number of nitrogens with zero attached hydrogens (tertiary/aromatic N) is 1. The number of carbonyl (C=O) groups is 1. The Labute approximate surface area is 203 Å². The number of nitrogens with one attached hydrogen (secondary N) is 3. The van der Waals surface area contributed by atoms with Crippen molar-refractivity contribution in [2.45, 2.75) is 50.6 Å².